The van der Waals surface area contributed by atoms with Crippen molar-refractivity contribution in [2.75, 3.05) is 24.2 Å². The maximum atomic E-state index is 13.1. The zero-order valence-electron chi connectivity index (χ0n) is 30.3. The molecular weight excluding hydrogens is 737 g/mol. The third-order valence-electron chi connectivity index (χ3n) is 8.03. The summed E-state index contributed by atoms with van der Waals surface area (Å²) in [4.78, 5) is 86.8. The van der Waals surface area contributed by atoms with Crippen LogP contribution in [0.15, 0.2) is 24.3 Å². The van der Waals surface area contributed by atoms with Gasteiger partial charge in [0.05, 0.1) is 15.9 Å². The zero-order chi connectivity index (χ0) is 40.6. The smallest absolute Gasteiger partial charge is 0.326 e. The molecular formula is C33H52N6O12S2. The van der Waals surface area contributed by atoms with E-state index < -0.39 is 99.0 Å². The lowest BCUT2D eigenvalue weighted by atomic mass is 9.82. The van der Waals surface area contributed by atoms with Crippen LogP contribution in [0.25, 0.3) is 0 Å². The second-order valence-corrected chi connectivity index (χ2v) is 16.0. The number of hydrogen-bond donors (Lipinski definition) is 10. The van der Waals surface area contributed by atoms with Crippen molar-refractivity contribution in [3.8, 4) is 0 Å². The minimum absolute atomic E-state index is 0.122. The van der Waals surface area contributed by atoms with Crippen LogP contribution in [0.2, 0.25) is 0 Å². The molecule has 0 saturated heterocycles. The Bertz CT molecular complexity index is 1570. The fourth-order valence-corrected chi connectivity index (χ4v) is 6.00. The third-order valence-corrected chi connectivity index (χ3v) is 9.14. The molecule has 20 heteroatoms. The van der Waals surface area contributed by atoms with Gasteiger partial charge in [-0.1, -0.05) is 6.92 Å². The van der Waals surface area contributed by atoms with Crippen molar-refractivity contribution in [3.05, 3.63) is 29.8 Å². The number of carboxylic acid groups (broad SMARTS) is 2. The number of primary amides is 1. The van der Waals surface area contributed by atoms with Crippen molar-refractivity contribution >= 4 is 69.9 Å². The highest BCUT2D eigenvalue weighted by atomic mass is 32.2. The van der Waals surface area contributed by atoms with E-state index in [-0.39, 0.29) is 25.3 Å². The molecule has 0 aliphatic heterocycles. The van der Waals surface area contributed by atoms with Crippen molar-refractivity contribution < 1.29 is 56.7 Å². The topological polar surface area (TPSA) is 300 Å². The van der Waals surface area contributed by atoms with Gasteiger partial charge in [0, 0.05) is 30.8 Å². The van der Waals surface area contributed by atoms with E-state index >= 15 is 0 Å². The maximum Gasteiger partial charge on any atom is 0.326 e. The lowest BCUT2D eigenvalue weighted by molar-refractivity contribution is -0.148. The van der Waals surface area contributed by atoms with Gasteiger partial charge >= 0.3 is 11.9 Å². The molecule has 18 nitrogen and oxygen atoms in total. The third kappa shape index (κ3) is 17.8. The van der Waals surface area contributed by atoms with Crippen LogP contribution in [0.4, 0.5) is 5.69 Å². The maximum absolute atomic E-state index is 13.1. The van der Waals surface area contributed by atoms with Gasteiger partial charge in [-0.15, -0.1) is 0 Å². The summed E-state index contributed by atoms with van der Waals surface area (Å²) < 4.78 is 30.3. The predicted octanol–water partition coefficient (Wildman–Crippen LogP) is 0.680. The molecule has 1 aromatic carbocycles. The molecule has 1 rings (SSSR count). The van der Waals surface area contributed by atoms with Gasteiger partial charge in [0.2, 0.25) is 23.6 Å². The van der Waals surface area contributed by atoms with Crippen LogP contribution in [0.3, 0.4) is 0 Å². The molecule has 0 heterocycles. The first kappa shape index (κ1) is 46.6. The first-order valence-corrected chi connectivity index (χ1v) is 19.0. The highest BCUT2D eigenvalue weighted by Gasteiger charge is 2.41. The lowest BCUT2D eigenvalue weighted by Gasteiger charge is -2.31. The molecule has 0 fully saturated rings. The van der Waals surface area contributed by atoms with Crippen LogP contribution in [0.1, 0.15) is 89.4 Å². The van der Waals surface area contributed by atoms with E-state index in [0.717, 1.165) is 18.7 Å². The lowest BCUT2D eigenvalue weighted by Crippen LogP contribution is -2.56. The number of amides is 5. The van der Waals surface area contributed by atoms with Crippen LogP contribution in [-0.2, 0) is 38.9 Å². The van der Waals surface area contributed by atoms with Crippen LogP contribution >= 0.6 is 12.6 Å². The van der Waals surface area contributed by atoms with Gasteiger partial charge in [-0.25, -0.2) is 4.79 Å². The van der Waals surface area contributed by atoms with Gasteiger partial charge in [0.1, 0.15) is 18.1 Å². The Morgan fingerprint density at radius 3 is 2.00 bits per heavy atom. The Balaban J connectivity index is 2.77. The SMILES string of the molecule is CCCNc1ccc(C(=O)NCCCC[C@H](NC(=O)CCC(NC(=O)C(CCS(=O)(=O)O)NC(=O)C(C)(S)CC(C)(C)C(=O)O)C(=O)O)C(N)=O)cc1. The summed E-state index contributed by atoms with van der Waals surface area (Å²) in [5, 5.41) is 31.9. The largest absolute Gasteiger partial charge is 0.481 e. The van der Waals surface area contributed by atoms with E-state index in [1.54, 1.807) is 24.3 Å². The molecule has 4 atom stereocenters. The van der Waals surface area contributed by atoms with Crippen molar-refractivity contribution in [1.82, 2.24) is 21.3 Å². The van der Waals surface area contributed by atoms with Crippen LogP contribution in [-0.4, -0.2) is 106 Å². The Hall–Kier alpha value is -4.43. The Morgan fingerprint density at radius 1 is 0.849 bits per heavy atom. The summed E-state index contributed by atoms with van der Waals surface area (Å²) in [5.41, 5.74) is 5.38. The molecule has 0 aromatic heterocycles. The molecule has 0 aliphatic carbocycles. The summed E-state index contributed by atoms with van der Waals surface area (Å²) in [6.07, 6.45) is -0.0776. The summed E-state index contributed by atoms with van der Waals surface area (Å²) >= 11 is 4.24. The fraction of sp³-hybridized carbons (Fsp3) is 0.606. The molecule has 53 heavy (non-hydrogen) atoms. The molecule has 0 spiro atoms. The number of benzene rings is 1. The molecule has 0 aliphatic rings. The summed E-state index contributed by atoms with van der Waals surface area (Å²) in [7, 11) is -4.63. The fourth-order valence-electron chi connectivity index (χ4n) is 5.01. The van der Waals surface area contributed by atoms with E-state index in [9.17, 15) is 56.7 Å². The molecule has 5 amide bonds. The van der Waals surface area contributed by atoms with Gasteiger partial charge in [0.15, 0.2) is 0 Å². The van der Waals surface area contributed by atoms with E-state index in [2.05, 4.69) is 39.2 Å². The van der Waals surface area contributed by atoms with E-state index in [4.69, 9.17) is 5.73 Å². The Morgan fingerprint density at radius 2 is 1.47 bits per heavy atom. The number of aliphatic carboxylic acids is 2. The van der Waals surface area contributed by atoms with Gasteiger partial charge in [-0.2, -0.15) is 21.0 Å². The summed E-state index contributed by atoms with van der Waals surface area (Å²) in [6, 6.07) is 2.45. The minimum atomic E-state index is -4.63. The number of carbonyl (C=O) groups excluding carboxylic acids is 5. The predicted molar refractivity (Wildman–Crippen MR) is 198 cm³/mol. The van der Waals surface area contributed by atoms with E-state index in [1.165, 1.54) is 20.8 Å². The van der Waals surface area contributed by atoms with Crippen LogP contribution < -0.4 is 32.3 Å². The number of nitrogens with two attached hydrogens (primary N) is 1. The first-order valence-electron chi connectivity index (χ1n) is 16.9. The van der Waals surface area contributed by atoms with Crippen LogP contribution in [0, 0.1) is 5.41 Å². The number of nitrogens with one attached hydrogen (secondary N) is 5. The molecule has 298 valence electrons. The molecule has 0 radical (unpaired) electrons. The van der Waals surface area contributed by atoms with Gasteiger partial charge in [-0.05, 0) is 90.0 Å². The van der Waals surface area contributed by atoms with Crippen molar-refractivity contribution in [2.24, 2.45) is 11.1 Å². The molecule has 0 bridgehead atoms. The highest BCUT2D eigenvalue weighted by molar-refractivity contribution is 7.85. The molecule has 1 aromatic rings. The highest BCUT2D eigenvalue weighted by Crippen LogP contribution is 2.32. The molecule has 10 N–H and O–H groups in total. The second-order valence-electron chi connectivity index (χ2n) is 13.5. The quantitative estimate of drug-likeness (QED) is 0.0371. The molecule has 0 saturated carbocycles. The summed E-state index contributed by atoms with van der Waals surface area (Å²) in [5.74, 6) is -7.83. The number of hydrogen-bond acceptors (Lipinski definition) is 11. The number of rotatable bonds is 25. The van der Waals surface area contributed by atoms with E-state index in [1.807, 2.05) is 6.92 Å². The number of carboxylic acids is 2. The number of carbonyl (C=O) groups is 7. The molecule has 3 unspecified atom stereocenters. The summed E-state index contributed by atoms with van der Waals surface area (Å²) in [6.45, 7) is 7.09. The van der Waals surface area contributed by atoms with E-state index in [0.29, 0.717) is 18.4 Å². The van der Waals surface area contributed by atoms with Gasteiger partial charge in [0.25, 0.3) is 16.0 Å². The average molecular weight is 789 g/mol. The van der Waals surface area contributed by atoms with Crippen molar-refractivity contribution in [2.45, 2.75) is 102 Å². The van der Waals surface area contributed by atoms with Gasteiger partial charge in [-0.3, -0.25) is 33.3 Å². The normalized spacial score (nSPS) is 14.4. The van der Waals surface area contributed by atoms with Crippen molar-refractivity contribution in [3.63, 3.8) is 0 Å². The first-order chi connectivity index (χ1) is 24.5. The van der Waals surface area contributed by atoms with Crippen LogP contribution in [0.5, 0.6) is 0 Å². The second kappa shape index (κ2) is 21.3. The van der Waals surface area contributed by atoms with Gasteiger partial charge < -0.3 is 42.5 Å². The number of thiol groups is 1. The Kier molecular flexibility index (Phi) is 18.7. The number of unbranched alkanes of at least 4 members (excludes halogenated alkanes) is 1. The monoisotopic (exact) mass is 788 g/mol. The standard InChI is InChI=1S/C33H52N6O12S2/c1-5-16-35-21-11-9-20(10-12-21)27(42)36-17-7-6-8-22(26(34)41)37-25(40)14-13-24(29(44)45)38-28(43)23(15-18-53(49,50)51)39-30(46)33(4,52)19-32(2,3)31(47)48/h9-12,22-24,35,52H,5-8,13-19H2,1-4H3,(H2,34,41)(H,36,42)(H,37,40)(H,38,43)(H,39,46)(H,44,45)(H,47,48)(H,49,50,51)/t22-,23?,24?,33?/m0/s1. The minimum Gasteiger partial charge on any atom is -0.481 e. The average Bonchev–Trinajstić information content (AvgIpc) is 3.05. The zero-order valence-corrected chi connectivity index (χ0v) is 32.0. The Labute approximate surface area is 314 Å². The van der Waals surface area contributed by atoms with Crippen molar-refractivity contribution in [1.29, 1.82) is 0 Å². The number of anilines is 1.